The first-order valence-electron chi connectivity index (χ1n) is 24.4. The van der Waals surface area contributed by atoms with Crippen LogP contribution in [0.4, 0.5) is 0 Å². The van der Waals surface area contributed by atoms with Crippen molar-refractivity contribution < 1.29 is 40.2 Å². The summed E-state index contributed by atoms with van der Waals surface area (Å²) in [4.78, 5) is 15.3. The minimum absolute atomic E-state index is 0.0747. The van der Waals surface area contributed by atoms with Crippen molar-refractivity contribution in [1.29, 1.82) is 0 Å². The van der Waals surface area contributed by atoms with Crippen LogP contribution in [0.1, 0.15) is 137 Å². The molecule has 6 aliphatic carbocycles. The van der Waals surface area contributed by atoms with Crippen LogP contribution in [0.5, 0.6) is 0 Å². The largest absolute Gasteiger partial charge is 0.392 e. The molecule has 0 radical (unpaired) electrons. The van der Waals surface area contributed by atoms with E-state index < -0.39 is 63.9 Å². The van der Waals surface area contributed by atoms with E-state index in [-0.39, 0.29) is 61.6 Å². The normalized spacial score (nSPS) is 47.3. The molecule has 8 rings (SSSR count). The Balaban J connectivity index is 1.21. The van der Waals surface area contributed by atoms with E-state index in [1.54, 1.807) is 6.92 Å². The van der Waals surface area contributed by atoms with E-state index in [1.165, 1.54) is 19.3 Å². The van der Waals surface area contributed by atoms with Gasteiger partial charge in [-0.05, 0) is 163 Å². The first kappa shape index (κ1) is 45.7. The van der Waals surface area contributed by atoms with Gasteiger partial charge in [-0.3, -0.25) is 4.79 Å². The van der Waals surface area contributed by atoms with Gasteiger partial charge in [-0.25, -0.2) is 0 Å². The molecule has 11 N–H and O–H groups in total. The number of Topliss-reactive ketones (excluding diaryl/α,β-unsaturated/α-hetero) is 1. The van der Waals surface area contributed by atoms with Gasteiger partial charge in [0.25, 0.3) is 0 Å². The fourth-order valence-corrected chi connectivity index (χ4v) is 15.7. The maximum absolute atomic E-state index is 15.3. The molecule has 61 heavy (non-hydrogen) atoms. The number of rotatable bonds is 12. The van der Waals surface area contributed by atoms with Crippen molar-refractivity contribution in [3.63, 3.8) is 0 Å². The number of carbonyl (C=O) groups excluding carboxylic acids is 1. The zero-order valence-corrected chi connectivity index (χ0v) is 37.7. The van der Waals surface area contributed by atoms with E-state index in [1.807, 2.05) is 32.3 Å². The van der Waals surface area contributed by atoms with Crippen molar-refractivity contribution in [2.75, 3.05) is 20.1 Å². The topological polar surface area (TPSA) is 210 Å². The summed E-state index contributed by atoms with van der Waals surface area (Å²) in [6.45, 7) is 8.48. The fourth-order valence-electron chi connectivity index (χ4n) is 15.7. The third-order valence-electron chi connectivity index (χ3n) is 18.6. The van der Waals surface area contributed by atoms with E-state index >= 15 is 4.79 Å². The first-order chi connectivity index (χ1) is 29.0. The maximum Gasteiger partial charge on any atom is 0.182 e. The second-order valence-corrected chi connectivity index (χ2v) is 21.9. The molecule has 12 heteroatoms. The lowest BCUT2D eigenvalue weighted by Crippen LogP contribution is -2.70. The predicted octanol–water partition coefficient (Wildman–Crippen LogP) is 4.07. The number of dihydropyridines is 1. The zero-order chi connectivity index (χ0) is 43.7. The Morgan fingerprint density at radius 3 is 2.52 bits per heavy atom. The number of nitrogens with one attached hydrogen (secondary N) is 3. The van der Waals surface area contributed by atoms with Crippen LogP contribution < -0.4 is 21.7 Å². The van der Waals surface area contributed by atoms with Crippen LogP contribution in [0.25, 0.3) is 0 Å². The minimum atomic E-state index is -1.64. The van der Waals surface area contributed by atoms with Gasteiger partial charge in [-0.2, -0.15) is 0 Å². The Bertz CT molecular complexity index is 1720. The molecule has 0 aromatic rings. The SMILES string of the molecule is CCCC1CCC2OC3C(CCCCC3(O)C(C)(O)C3CCC4(O)C5=C(NCC(C)O)C(=O)C6CC(O)C(O)CC6(CCC6=CNC(N)C=C6)C5C(CNC)CC34C)C2CC1. The summed E-state index contributed by atoms with van der Waals surface area (Å²) in [5.41, 5.74) is 1.49. The molecule has 12 nitrogen and oxygen atoms in total. The van der Waals surface area contributed by atoms with Crippen LogP contribution in [-0.4, -0.2) is 110 Å². The molecule has 18 unspecified atom stereocenters. The van der Waals surface area contributed by atoms with Crippen molar-refractivity contribution in [3.8, 4) is 0 Å². The maximum atomic E-state index is 15.3. The van der Waals surface area contributed by atoms with Gasteiger partial charge in [0.2, 0.25) is 0 Å². The van der Waals surface area contributed by atoms with E-state index in [0.29, 0.717) is 55.8 Å². The number of allylic oxidation sites excluding steroid dienone is 3. The van der Waals surface area contributed by atoms with Gasteiger partial charge in [0.1, 0.15) is 5.60 Å². The Hall–Kier alpha value is -1.87. The molecule has 2 aliphatic heterocycles. The number of carbonyl (C=O) groups is 1. The van der Waals surface area contributed by atoms with Gasteiger partial charge >= 0.3 is 0 Å². The van der Waals surface area contributed by atoms with Crippen LogP contribution in [0.2, 0.25) is 0 Å². The Morgan fingerprint density at radius 2 is 1.82 bits per heavy atom. The van der Waals surface area contributed by atoms with Crippen molar-refractivity contribution in [2.45, 2.75) is 190 Å². The predicted molar refractivity (Wildman–Crippen MR) is 234 cm³/mol. The summed E-state index contributed by atoms with van der Waals surface area (Å²) in [5.74, 6) is -0.668. The summed E-state index contributed by atoms with van der Waals surface area (Å²) in [6.07, 6.45) is 14.9. The number of ketones is 1. The summed E-state index contributed by atoms with van der Waals surface area (Å²) in [5, 5.41) is 84.2. The molecule has 0 spiro atoms. The van der Waals surface area contributed by atoms with E-state index in [2.05, 4.69) is 29.8 Å². The number of nitrogens with two attached hydrogens (primary N) is 1. The molecule has 18 atom stereocenters. The van der Waals surface area contributed by atoms with E-state index in [9.17, 15) is 30.6 Å². The number of hydrogen-bond acceptors (Lipinski definition) is 12. The monoisotopic (exact) mass is 853 g/mol. The lowest BCUT2D eigenvalue weighted by atomic mass is 9.41. The van der Waals surface area contributed by atoms with Gasteiger partial charge in [0, 0.05) is 24.1 Å². The third kappa shape index (κ3) is 7.42. The number of aliphatic hydroxyl groups is 6. The second kappa shape index (κ2) is 17.2. The quantitative estimate of drug-likeness (QED) is 0.135. The van der Waals surface area contributed by atoms with Gasteiger partial charge in [-0.1, -0.05) is 52.0 Å². The van der Waals surface area contributed by atoms with E-state index in [0.717, 1.165) is 50.0 Å². The standard InChI is InChI=1S/C49H80N4O8/c1-6-9-29-11-14-32-33-10-7-8-19-49(60,44(33)61-37(32)15-12-29)46(4,58)38-18-21-48(59)41-40(31(27-51-5)23-45(38,48)3)47(20-17-30-13-16-39(50)52-26-30)24-36(56)35(55)22-34(47)43(57)42(41)53-25-28(2)54/h13,16,26,28-29,31-40,44,51-56,58-60H,6-12,14-15,17-25,27,50H2,1-5H3. The second-order valence-electron chi connectivity index (χ2n) is 21.9. The summed E-state index contributed by atoms with van der Waals surface area (Å²) >= 11 is 0. The smallest absolute Gasteiger partial charge is 0.182 e. The molecule has 6 fully saturated rings. The van der Waals surface area contributed by atoms with Crippen molar-refractivity contribution in [1.82, 2.24) is 16.0 Å². The van der Waals surface area contributed by atoms with Gasteiger partial charge in [0.15, 0.2) is 5.78 Å². The number of fused-ring (bicyclic) bond motifs is 8. The molecule has 0 aromatic heterocycles. The van der Waals surface area contributed by atoms with Gasteiger partial charge < -0.3 is 57.1 Å². The molecule has 0 aromatic carbocycles. The highest BCUT2D eigenvalue weighted by molar-refractivity contribution is 6.00. The zero-order valence-electron chi connectivity index (χ0n) is 37.7. The Labute approximate surface area is 364 Å². The van der Waals surface area contributed by atoms with E-state index in [4.69, 9.17) is 10.5 Å². The molecule has 344 valence electrons. The molecule has 0 bridgehead atoms. The number of ether oxygens (including phenoxy) is 1. The summed E-state index contributed by atoms with van der Waals surface area (Å²) < 4.78 is 7.08. The molecular formula is C49H80N4O8. The van der Waals surface area contributed by atoms with Gasteiger partial charge in [-0.15, -0.1) is 0 Å². The highest BCUT2D eigenvalue weighted by atomic mass is 16.5. The highest BCUT2D eigenvalue weighted by Crippen LogP contribution is 2.72. The average Bonchev–Trinajstić information content (AvgIpc) is 3.54. The molecule has 0 amide bonds. The summed E-state index contributed by atoms with van der Waals surface area (Å²) in [7, 11) is 1.92. The average molecular weight is 853 g/mol. The van der Waals surface area contributed by atoms with Crippen LogP contribution >= 0.6 is 0 Å². The Kier molecular flexibility index (Phi) is 12.9. The number of hydrogen-bond donors (Lipinski definition) is 10. The molecule has 5 saturated carbocycles. The van der Waals surface area contributed by atoms with Crippen LogP contribution in [0.3, 0.4) is 0 Å². The van der Waals surface area contributed by atoms with Gasteiger partial charge in [0.05, 0.1) is 53.6 Å². The third-order valence-corrected chi connectivity index (χ3v) is 18.6. The minimum Gasteiger partial charge on any atom is -0.392 e. The molecular weight excluding hydrogens is 773 g/mol. The summed E-state index contributed by atoms with van der Waals surface area (Å²) in [6, 6.07) is 0. The lowest BCUT2D eigenvalue weighted by molar-refractivity contribution is -0.254. The van der Waals surface area contributed by atoms with Crippen molar-refractivity contribution in [3.05, 3.63) is 35.2 Å². The molecule has 8 aliphatic rings. The highest BCUT2D eigenvalue weighted by Gasteiger charge is 2.75. The van der Waals surface area contributed by atoms with Crippen LogP contribution in [-0.2, 0) is 9.53 Å². The number of aliphatic hydroxyl groups excluding tert-OH is 3. The van der Waals surface area contributed by atoms with Crippen molar-refractivity contribution >= 4 is 5.78 Å². The van der Waals surface area contributed by atoms with Crippen LogP contribution in [0, 0.1) is 52.3 Å². The Morgan fingerprint density at radius 1 is 1.05 bits per heavy atom. The fraction of sp³-hybridized carbons (Fsp3) is 0.857. The molecule has 1 saturated heterocycles. The first-order valence-corrected chi connectivity index (χ1v) is 24.4. The lowest BCUT2D eigenvalue weighted by Gasteiger charge is -2.65. The van der Waals surface area contributed by atoms with Crippen LogP contribution in [0.15, 0.2) is 35.2 Å². The molecule has 2 heterocycles. The van der Waals surface area contributed by atoms with Crippen molar-refractivity contribution in [2.24, 2.45) is 58.0 Å².